The fourth-order valence-electron chi connectivity index (χ4n) is 3.51. The fraction of sp³-hybridized carbons (Fsp3) is 0.556. The Kier molecular flexibility index (Phi) is 4.34. The summed E-state index contributed by atoms with van der Waals surface area (Å²) in [6, 6.07) is 1.74. The number of aliphatic hydroxyl groups excluding tert-OH is 1. The van der Waals surface area contributed by atoms with Crippen LogP contribution >= 0.6 is 0 Å². The van der Waals surface area contributed by atoms with Crippen LogP contribution in [0.15, 0.2) is 17.8 Å². The molecule has 1 unspecified atom stereocenters. The molecule has 1 aliphatic carbocycles. The molecule has 3 rings (SSSR count). The summed E-state index contributed by atoms with van der Waals surface area (Å²) in [5, 5.41) is 15.7. The van der Waals surface area contributed by atoms with Crippen molar-refractivity contribution < 1.29 is 9.50 Å². The number of nitrogens with two attached hydrogens (primary N) is 1. The van der Waals surface area contributed by atoms with Crippen LogP contribution in [0.5, 0.6) is 0 Å². The molecule has 0 spiro atoms. The second kappa shape index (κ2) is 6.13. The maximum Gasteiger partial charge on any atom is 0.146 e. The van der Waals surface area contributed by atoms with Crippen molar-refractivity contribution in [2.75, 3.05) is 23.8 Å². The van der Waals surface area contributed by atoms with Gasteiger partial charge in [-0.3, -0.25) is 0 Å². The van der Waals surface area contributed by atoms with E-state index in [-0.39, 0.29) is 23.9 Å². The first-order chi connectivity index (χ1) is 11.0. The summed E-state index contributed by atoms with van der Waals surface area (Å²) in [6.07, 6.45) is 5.57. The highest BCUT2D eigenvalue weighted by molar-refractivity contribution is 5.72. The minimum Gasteiger partial charge on any atom is -0.392 e. The van der Waals surface area contributed by atoms with E-state index in [1.54, 1.807) is 6.07 Å². The molecule has 0 amide bonds. The quantitative estimate of drug-likeness (QED) is 0.651. The largest absolute Gasteiger partial charge is 0.392 e. The number of halogens is 1. The molecule has 23 heavy (non-hydrogen) atoms. The van der Waals surface area contributed by atoms with Crippen LogP contribution in [0, 0.1) is 18.2 Å². The summed E-state index contributed by atoms with van der Waals surface area (Å²) < 4.78 is 14.5. The first kappa shape index (κ1) is 16.3. The van der Waals surface area contributed by atoms with E-state index in [9.17, 15) is 9.50 Å². The molecule has 1 aromatic carbocycles. The van der Waals surface area contributed by atoms with Crippen molar-refractivity contribution in [3.05, 3.63) is 34.8 Å². The molecule has 1 saturated carbocycles. The van der Waals surface area contributed by atoms with Gasteiger partial charge in [0.2, 0.25) is 0 Å². The van der Waals surface area contributed by atoms with Crippen LogP contribution in [0.2, 0.25) is 0 Å². The van der Waals surface area contributed by atoms with Crippen molar-refractivity contribution in [2.45, 2.75) is 45.6 Å². The van der Waals surface area contributed by atoms with Crippen LogP contribution in [0.1, 0.15) is 37.3 Å². The molecule has 5 N–H and O–H groups in total. The SMILES string of the molecule is CCC(N)C1(CNc2c(F)cc3c(c2C)NC=C(CO)C3)CC1. The molecule has 126 valence electrons. The lowest BCUT2D eigenvalue weighted by Crippen LogP contribution is -2.36. The molecule has 0 aromatic heterocycles. The Morgan fingerprint density at radius 1 is 1.48 bits per heavy atom. The van der Waals surface area contributed by atoms with Crippen molar-refractivity contribution in [3.63, 3.8) is 0 Å². The summed E-state index contributed by atoms with van der Waals surface area (Å²) in [4.78, 5) is 0. The first-order valence-electron chi connectivity index (χ1n) is 8.37. The average Bonchev–Trinajstić information content (AvgIpc) is 3.34. The van der Waals surface area contributed by atoms with Crippen molar-refractivity contribution in [3.8, 4) is 0 Å². The zero-order valence-corrected chi connectivity index (χ0v) is 13.9. The van der Waals surface area contributed by atoms with E-state index in [1.807, 2.05) is 13.1 Å². The number of nitrogens with one attached hydrogen (secondary N) is 2. The molecular weight excluding hydrogens is 293 g/mol. The van der Waals surface area contributed by atoms with E-state index in [0.29, 0.717) is 12.1 Å². The van der Waals surface area contributed by atoms with Gasteiger partial charge in [-0.1, -0.05) is 6.92 Å². The van der Waals surface area contributed by atoms with Crippen molar-refractivity contribution in [2.24, 2.45) is 11.1 Å². The van der Waals surface area contributed by atoms with Gasteiger partial charge in [0.25, 0.3) is 0 Å². The summed E-state index contributed by atoms with van der Waals surface area (Å²) in [5.74, 6) is -0.233. The number of benzene rings is 1. The van der Waals surface area contributed by atoms with Crippen LogP contribution < -0.4 is 16.4 Å². The van der Waals surface area contributed by atoms with Crippen LogP contribution in [-0.4, -0.2) is 24.3 Å². The number of aliphatic hydroxyl groups is 1. The number of rotatable bonds is 6. The minimum atomic E-state index is -0.233. The molecule has 4 nitrogen and oxygen atoms in total. The highest BCUT2D eigenvalue weighted by atomic mass is 19.1. The molecule has 1 aromatic rings. The van der Waals surface area contributed by atoms with Gasteiger partial charge in [0.1, 0.15) is 5.82 Å². The third-order valence-electron chi connectivity index (χ3n) is 5.39. The lowest BCUT2D eigenvalue weighted by Gasteiger charge is -2.26. The van der Waals surface area contributed by atoms with Gasteiger partial charge >= 0.3 is 0 Å². The Labute approximate surface area is 137 Å². The van der Waals surface area contributed by atoms with Crippen LogP contribution in [-0.2, 0) is 6.42 Å². The van der Waals surface area contributed by atoms with Crippen molar-refractivity contribution in [1.29, 1.82) is 0 Å². The predicted octanol–water partition coefficient (Wildman–Crippen LogP) is 2.91. The maximum absolute atomic E-state index is 14.5. The van der Waals surface area contributed by atoms with E-state index in [0.717, 1.165) is 48.2 Å². The van der Waals surface area contributed by atoms with Crippen LogP contribution in [0.4, 0.5) is 15.8 Å². The number of hydrogen-bond donors (Lipinski definition) is 4. The number of hydrogen-bond acceptors (Lipinski definition) is 4. The zero-order valence-electron chi connectivity index (χ0n) is 13.9. The highest BCUT2D eigenvalue weighted by Crippen LogP contribution is 2.49. The molecule has 0 saturated heterocycles. The summed E-state index contributed by atoms with van der Waals surface area (Å²) in [6.45, 7) is 4.74. The Morgan fingerprint density at radius 2 is 2.22 bits per heavy atom. The Morgan fingerprint density at radius 3 is 2.83 bits per heavy atom. The van der Waals surface area contributed by atoms with Crippen LogP contribution in [0.3, 0.4) is 0 Å². The van der Waals surface area contributed by atoms with Gasteiger partial charge in [-0.2, -0.15) is 0 Å². The molecule has 0 radical (unpaired) electrons. The van der Waals surface area contributed by atoms with Crippen molar-refractivity contribution in [1.82, 2.24) is 0 Å². The summed E-state index contributed by atoms with van der Waals surface area (Å²) >= 11 is 0. The molecule has 1 aliphatic heterocycles. The third-order valence-corrected chi connectivity index (χ3v) is 5.39. The smallest absolute Gasteiger partial charge is 0.146 e. The molecule has 1 atom stereocenters. The molecule has 1 heterocycles. The van der Waals surface area contributed by atoms with E-state index in [1.165, 1.54) is 0 Å². The minimum absolute atomic E-state index is 0.00939. The number of anilines is 2. The molecule has 5 heteroatoms. The topological polar surface area (TPSA) is 70.3 Å². The third kappa shape index (κ3) is 2.95. The number of fused-ring (bicyclic) bond motifs is 1. The predicted molar refractivity (Wildman–Crippen MR) is 92.1 cm³/mol. The lowest BCUT2D eigenvalue weighted by atomic mass is 9.94. The van der Waals surface area contributed by atoms with Gasteiger partial charge < -0.3 is 21.5 Å². The van der Waals surface area contributed by atoms with Gasteiger partial charge in [-0.05, 0) is 55.4 Å². The van der Waals surface area contributed by atoms with E-state index < -0.39 is 0 Å². The van der Waals surface area contributed by atoms with Gasteiger partial charge in [0.05, 0.1) is 12.3 Å². The van der Waals surface area contributed by atoms with Gasteiger partial charge in [-0.25, -0.2) is 4.39 Å². The standard InChI is InChI=1S/C18H26FN3O/c1-3-15(20)18(4-5-18)10-22-17-11(2)16-13(7-14(17)19)6-12(9-23)8-21-16/h7-8,15,21-23H,3-6,9-10,20H2,1-2H3. The lowest BCUT2D eigenvalue weighted by molar-refractivity contribution is 0.328. The first-order valence-corrected chi connectivity index (χ1v) is 8.37. The second-order valence-corrected chi connectivity index (χ2v) is 6.90. The highest BCUT2D eigenvalue weighted by Gasteiger charge is 2.46. The Hall–Kier alpha value is -1.59. The maximum atomic E-state index is 14.5. The van der Waals surface area contributed by atoms with Crippen molar-refractivity contribution >= 4 is 11.4 Å². The molecule has 1 fully saturated rings. The Bertz CT molecular complexity index is 638. The molecule has 0 bridgehead atoms. The normalized spacial score (nSPS) is 19.4. The monoisotopic (exact) mass is 319 g/mol. The van der Waals surface area contributed by atoms with Crippen LogP contribution in [0.25, 0.3) is 0 Å². The second-order valence-electron chi connectivity index (χ2n) is 6.90. The van der Waals surface area contributed by atoms with E-state index in [2.05, 4.69) is 17.6 Å². The van der Waals surface area contributed by atoms with E-state index in [4.69, 9.17) is 5.73 Å². The van der Waals surface area contributed by atoms with Gasteiger partial charge in [0, 0.05) is 29.9 Å². The van der Waals surface area contributed by atoms with E-state index >= 15 is 0 Å². The zero-order chi connectivity index (χ0) is 16.6. The summed E-state index contributed by atoms with van der Waals surface area (Å²) in [5.41, 5.74) is 10.5. The molecule has 2 aliphatic rings. The molecular formula is C18H26FN3O. The average molecular weight is 319 g/mol. The van der Waals surface area contributed by atoms with Gasteiger partial charge in [-0.15, -0.1) is 0 Å². The summed E-state index contributed by atoms with van der Waals surface area (Å²) in [7, 11) is 0. The fourth-order valence-corrected chi connectivity index (χ4v) is 3.51. The Balaban J connectivity index is 1.80. The van der Waals surface area contributed by atoms with Gasteiger partial charge in [0.15, 0.2) is 0 Å².